The molecule has 0 atom stereocenters. The Hall–Kier alpha value is -1.82. The molecule has 19 heavy (non-hydrogen) atoms. The Morgan fingerprint density at radius 1 is 1.37 bits per heavy atom. The van der Waals surface area contributed by atoms with Crippen LogP contribution in [0.4, 0.5) is 5.69 Å². The predicted molar refractivity (Wildman–Crippen MR) is 75.1 cm³/mol. The summed E-state index contributed by atoms with van der Waals surface area (Å²) in [5, 5.41) is 0. The van der Waals surface area contributed by atoms with E-state index in [0.717, 1.165) is 24.4 Å². The Labute approximate surface area is 113 Å². The molecule has 0 radical (unpaired) electrons. The molecular weight excluding hydrogens is 262 g/mol. The van der Waals surface area contributed by atoms with Crippen LogP contribution in [0, 0.1) is 0 Å². The van der Waals surface area contributed by atoms with Crippen LogP contribution in [0.25, 0.3) is 5.69 Å². The van der Waals surface area contributed by atoms with Gasteiger partial charge in [-0.3, -0.25) is 0 Å². The summed E-state index contributed by atoms with van der Waals surface area (Å²) in [5.41, 5.74) is 7.15. The molecule has 0 aliphatic heterocycles. The average molecular weight is 279 g/mol. The number of hydrogen-bond donors (Lipinski definition) is 1. The van der Waals surface area contributed by atoms with Crippen molar-refractivity contribution in [3.8, 4) is 5.69 Å². The van der Waals surface area contributed by atoms with Gasteiger partial charge in [-0.1, -0.05) is 6.92 Å². The number of aryl methyl sites for hydroxylation is 1. The molecule has 5 nitrogen and oxygen atoms in total. The first-order chi connectivity index (χ1) is 8.93. The first kappa shape index (κ1) is 13.6. The summed E-state index contributed by atoms with van der Waals surface area (Å²) in [7, 11) is -3.24. The summed E-state index contributed by atoms with van der Waals surface area (Å²) in [6.07, 6.45) is 6.55. The van der Waals surface area contributed by atoms with E-state index in [-0.39, 0.29) is 4.90 Å². The molecule has 0 aliphatic carbocycles. The van der Waals surface area contributed by atoms with Crippen LogP contribution < -0.4 is 5.73 Å². The lowest BCUT2D eigenvalue weighted by Gasteiger charge is -2.11. The maximum atomic E-state index is 11.5. The molecular formula is C13H17N3O2S. The number of imidazole rings is 1. The van der Waals surface area contributed by atoms with Crippen molar-refractivity contribution in [2.24, 2.45) is 0 Å². The van der Waals surface area contributed by atoms with Crippen LogP contribution in [0.1, 0.15) is 19.2 Å². The number of aromatic nitrogens is 2. The van der Waals surface area contributed by atoms with Gasteiger partial charge in [0.2, 0.25) is 0 Å². The minimum atomic E-state index is -3.24. The van der Waals surface area contributed by atoms with Crippen LogP contribution >= 0.6 is 0 Å². The molecule has 2 aromatic rings. The predicted octanol–water partition coefficient (Wildman–Crippen LogP) is 1.81. The van der Waals surface area contributed by atoms with Crippen molar-refractivity contribution >= 4 is 15.5 Å². The number of benzene rings is 1. The zero-order valence-electron chi connectivity index (χ0n) is 11.0. The second kappa shape index (κ2) is 5.05. The Kier molecular flexibility index (Phi) is 3.61. The zero-order valence-corrected chi connectivity index (χ0v) is 11.8. The summed E-state index contributed by atoms with van der Waals surface area (Å²) < 4.78 is 24.8. The summed E-state index contributed by atoms with van der Waals surface area (Å²) in [6.45, 7) is 2.08. The van der Waals surface area contributed by atoms with E-state index in [1.165, 1.54) is 12.3 Å². The Balaban J connectivity index is 2.49. The van der Waals surface area contributed by atoms with Crippen molar-refractivity contribution < 1.29 is 8.42 Å². The third kappa shape index (κ3) is 2.78. The maximum absolute atomic E-state index is 11.5. The third-order valence-corrected chi connectivity index (χ3v) is 3.99. The number of nitrogen functional groups attached to an aromatic ring is 1. The number of sulfone groups is 1. The Morgan fingerprint density at radius 3 is 2.68 bits per heavy atom. The first-order valence-corrected chi connectivity index (χ1v) is 7.95. The topological polar surface area (TPSA) is 78.0 Å². The van der Waals surface area contributed by atoms with Gasteiger partial charge < -0.3 is 10.3 Å². The highest BCUT2D eigenvalue weighted by Crippen LogP contribution is 2.23. The monoisotopic (exact) mass is 279 g/mol. The molecule has 1 aromatic heterocycles. The number of anilines is 1. The number of rotatable bonds is 4. The minimum Gasteiger partial charge on any atom is -0.397 e. The maximum Gasteiger partial charge on any atom is 0.175 e. The largest absolute Gasteiger partial charge is 0.397 e. The summed E-state index contributed by atoms with van der Waals surface area (Å²) in [4.78, 5) is 4.51. The lowest BCUT2D eigenvalue weighted by Crippen LogP contribution is -2.05. The Morgan fingerprint density at radius 2 is 2.11 bits per heavy atom. The van der Waals surface area contributed by atoms with Crippen LogP contribution in [0.15, 0.2) is 35.5 Å². The van der Waals surface area contributed by atoms with E-state index in [4.69, 9.17) is 5.73 Å². The highest BCUT2D eigenvalue weighted by Gasteiger charge is 2.12. The zero-order chi connectivity index (χ0) is 14.0. The molecule has 1 heterocycles. The van der Waals surface area contributed by atoms with Crippen molar-refractivity contribution in [3.05, 3.63) is 36.4 Å². The molecule has 0 saturated heterocycles. The van der Waals surface area contributed by atoms with Crippen molar-refractivity contribution in [2.45, 2.75) is 24.7 Å². The second-order valence-corrected chi connectivity index (χ2v) is 6.47. The van der Waals surface area contributed by atoms with Crippen molar-refractivity contribution in [2.75, 3.05) is 12.0 Å². The first-order valence-electron chi connectivity index (χ1n) is 6.05. The fraction of sp³-hybridized carbons (Fsp3) is 0.308. The molecule has 0 aliphatic rings. The van der Waals surface area contributed by atoms with Gasteiger partial charge in [0.15, 0.2) is 9.84 Å². The molecule has 2 rings (SSSR count). The van der Waals surface area contributed by atoms with Gasteiger partial charge in [-0.2, -0.15) is 0 Å². The molecule has 1 aromatic carbocycles. The average Bonchev–Trinajstić information content (AvgIpc) is 2.76. The highest BCUT2D eigenvalue weighted by atomic mass is 32.2. The van der Waals surface area contributed by atoms with E-state index in [9.17, 15) is 8.42 Å². The molecule has 2 N–H and O–H groups in total. The van der Waals surface area contributed by atoms with Gasteiger partial charge in [-0.15, -0.1) is 0 Å². The number of hydrogen-bond acceptors (Lipinski definition) is 4. The SMILES string of the molecule is CCCc1nccn1-c1ccc(S(C)(=O)=O)cc1N. The van der Waals surface area contributed by atoms with Crippen LogP contribution in [-0.2, 0) is 16.3 Å². The van der Waals surface area contributed by atoms with Crippen molar-refractivity contribution in [3.63, 3.8) is 0 Å². The lowest BCUT2D eigenvalue weighted by atomic mass is 10.2. The van der Waals surface area contributed by atoms with Gasteiger partial charge in [-0.25, -0.2) is 13.4 Å². The fourth-order valence-corrected chi connectivity index (χ4v) is 2.60. The molecule has 6 heteroatoms. The molecule has 0 bridgehead atoms. The molecule has 0 unspecified atom stereocenters. The van der Waals surface area contributed by atoms with Gasteiger partial charge in [0.05, 0.1) is 16.3 Å². The van der Waals surface area contributed by atoms with Crippen LogP contribution in [0.2, 0.25) is 0 Å². The van der Waals surface area contributed by atoms with Crippen LogP contribution in [0.5, 0.6) is 0 Å². The summed E-state index contributed by atoms with van der Waals surface area (Å²) in [5.74, 6) is 0.918. The lowest BCUT2D eigenvalue weighted by molar-refractivity contribution is 0.602. The molecule has 0 fully saturated rings. The summed E-state index contributed by atoms with van der Waals surface area (Å²) in [6, 6.07) is 4.77. The van der Waals surface area contributed by atoms with E-state index in [1.54, 1.807) is 18.3 Å². The molecule has 0 amide bonds. The van der Waals surface area contributed by atoms with E-state index in [1.807, 2.05) is 10.8 Å². The van der Waals surface area contributed by atoms with Crippen molar-refractivity contribution in [1.82, 2.24) is 9.55 Å². The molecule has 0 saturated carbocycles. The molecule has 102 valence electrons. The van der Waals surface area contributed by atoms with Gasteiger partial charge in [0.1, 0.15) is 5.82 Å². The standard InChI is InChI=1S/C13H17N3O2S/c1-3-4-13-15-7-8-16(13)12-6-5-10(9-11(12)14)19(2,17)18/h5-9H,3-4,14H2,1-2H3. The second-order valence-electron chi connectivity index (χ2n) is 4.46. The fourth-order valence-electron chi connectivity index (χ4n) is 1.94. The number of nitrogens with two attached hydrogens (primary N) is 1. The van der Waals surface area contributed by atoms with E-state index in [0.29, 0.717) is 5.69 Å². The quantitative estimate of drug-likeness (QED) is 0.866. The van der Waals surface area contributed by atoms with Crippen molar-refractivity contribution in [1.29, 1.82) is 0 Å². The third-order valence-electron chi connectivity index (χ3n) is 2.88. The minimum absolute atomic E-state index is 0.228. The summed E-state index contributed by atoms with van der Waals surface area (Å²) >= 11 is 0. The Bertz CT molecular complexity index is 690. The molecule has 0 spiro atoms. The van der Waals surface area contributed by atoms with Crippen LogP contribution in [-0.4, -0.2) is 24.2 Å². The highest BCUT2D eigenvalue weighted by molar-refractivity contribution is 7.90. The number of nitrogens with zero attached hydrogens (tertiary/aromatic N) is 2. The van der Waals surface area contributed by atoms with E-state index < -0.39 is 9.84 Å². The van der Waals surface area contributed by atoms with Gasteiger partial charge in [0, 0.05) is 25.1 Å². The van der Waals surface area contributed by atoms with E-state index >= 15 is 0 Å². The smallest absolute Gasteiger partial charge is 0.175 e. The van der Waals surface area contributed by atoms with E-state index in [2.05, 4.69) is 11.9 Å². The normalized spacial score (nSPS) is 11.7. The van der Waals surface area contributed by atoms with Gasteiger partial charge in [-0.05, 0) is 24.6 Å². The van der Waals surface area contributed by atoms with Gasteiger partial charge in [0.25, 0.3) is 0 Å². The van der Waals surface area contributed by atoms with Gasteiger partial charge >= 0.3 is 0 Å². The van der Waals surface area contributed by atoms with Crippen LogP contribution in [0.3, 0.4) is 0 Å².